The number of carbonyl (C=O) groups excluding carboxylic acids is 2. The van der Waals surface area contributed by atoms with Gasteiger partial charge >= 0.3 is 5.97 Å². The first kappa shape index (κ1) is 14.1. The van der Waals surface area contributed by atoms with E-state index in [0.29, 0.717) is 24.8 Å². The Morgan fingerprint density at radius 3 is 2.56 bits per heavy atom. The number of hydrogen-bond donors (Lipinski definition) is 0. The Bertz CT molecular complexity index is 398. The van der Waals surface area contributed by atoms with Crippen LogP contribution in [0, 0.1) is 0 Å². The van der Waals surface area contributed by atoms with Crippen LogP contribution in [0.15, 0.2) is 43.0 Å². The summed E-state index contributed by atoms with van der Waals surface area (Å²) in [6, 6.07) is 8.60. The summed E-state index contributed by atoms with van der Waals surface area (Å²) in [7, 11) is 0. The molecule has 0 aliphatic carbocycles. The zero-order chi connectivity index (χ0) is 13.2. The summed E-state index contributed by atoms with van der Waals surface area (Å²) in [5.41, 5.74) is 0.444. The highest BCUT2D eigenvalue weighted by Gasteiger charge is 2.06. The summed E-state index contributed by atoms with van der Waals surface area (Å²) < 4.78 is 0. The van der Waals surface area contributed by atoms with Crippen molar-refractivity contribution in [3.63, 3.8) is 0 Å². The molecular formula is C14H16O4. The first-order valence-corrected chi connectivity index (χ1v) is 5.78. The molecule has 0 fully saturated rings. The lowest BCUT2D eigenvalue weighted by Crippen LogP contribution is -2.07. The van der Waals surface area contributed by atoms with Crippen molar-refractivity contribution in [2.75, 3.05) is 6.61 Å². The third-order valence-electron chi connectivity index (χ3n) is 2.27. The van der Waals surface area contributed by atoms with Crippen LogP contribution in [0.3, 0.4) is 0 Å². The number of unbranched alkanes of at least 4 members (excludes halogenated alkanes) is 1. The monoisotopic (exact) mass is 248 g/mol. The van der Waals surface area contributed by atoms with Gasteiger partial charge < -0.3 is 0 Å². The van der Waals surface area contributed by atoms with E-state index in [1.165, 1.54) is 6.08 Å². The van der Waals surface area contributed by atoms with Crippen LogP contribution in [0.4, 0.5) is 0 Å². The second kappa shape index (κ2) is 8.20. The van der Waals surface area contributed by atoms with Crippen molar-refractivity contribution in [3.05, 3.63) is 48.6 Å². The quantitative estimate of drug-likeness (QED) is 0.307. The molecule has 0 spiro atoms. The van der Waals surface area contributed by atoms with Gasteiger partial charge in [0.2, 0.25) is 0 Å². The first-order chi connectivity index (χ1) is 8.74. The molecule has 0 bridgehead atoms. The number of ketones is 1. The number of carbonyl (C=O) groups is 2. The highest BCUT2D eigenvalue weighted by Crippen LogP contribution is 2.03. The third kappa shape index (κ3) is 5.41. The Hall–Kier alpha value is -1.94. The molecule has 0 saturated heterocycles. The Labute approximate surface area is 106 Å². The van der Waals surface area contributed by atoms with Crippen molar-refractivity contribution in [2.45, 2.75) is 19.3 Å². The second-order valence-corrected chi connectivity index (χ2v) is 3.69. The Morgan fingerprint density at radius 2 is 1.89 bits per heavy atom. The highest BCUT2D eigenvalue weighted by atomic mass is 17.2. The van der Waals surface area contributed by atoms with Crippen LogP contribution in [0.25, 0.3) is 0 Å². The van der Waals surface area contributed by atoms with E-state index in [-0.39, 0.29) is 12.4 Å². The number of benzene rings is 1. The minimum atomic E-state index is -0.516. The minimum absolute atomic E-state index is 0.0104. The molecule has 4 nitrogen and oxygen atoms in total. The van der Waals surface area contributed by atoms with Crippen LogP contribution in [-0.4, -0.2) is 18.4 Å². The van der Waals surface area contributed by atoms with Crippen LogP contribution in [-0.2, 0) is 14.6 Å². The Balaban J connectivity index is 2.10. The van der Waals surface area contributed by atoms with Gasteiger partial charge in [-0.1, -0.05) is 24.8 Å². The molecule has 0 aromatic heterocycles. The highest BCUT2D eigenvalue weighted by molar-refractivity contribution is 5.89. The molecule has 1 aromatic carbocycles. The molecule has 0 radical (unpaired) electrons. The lowest BCUT2D eigenvalue weighted by Gasteiger charge is -2.03. The summed E-state index contributed by atoms with van der Waals surface area (Å²) in [6.07, 6.45) is 3.09. The molecule has 0 unspecified atom stereocenters. The van der Waals surface area contributed by atoms with Crippen molar-refractivity contribution in [1.29, 1.82) is 0 Å². The number of allylic oxidation sites excluding steroid dienone is 1. The average Bonchev–Trinajstić information content (AvgIpc) is 2.43. The Morgan fingerprint density at radius 1 is 1.17 bits per heavy atom. The first-order valence-electron chi connectivity index (χ1n) is 5.78. The minimum Gasteiger partial charge on any atom is -0.295 e. The average molecular weight is 248 g/mol. The fraction of sp³-hybridized carbons (Fsp3) is 0.286. The fourth-order valence-electron chi connectivity index (χ4n) is 1.28. The van der Waals surface area contributed by atoms with Crippen LogP contribution in [0.2, 0.25) is 0 Å². The molecule has 0 atom stereocenters. The molecule has 0 heterocycles. The SMILES string of the molecule is C=CC(=O)CCCCOOC(=O)c1ccccc1. The summed E-state index contributed by atoms with van der Waals surface area (Å²) in [6.45, 7) is 3.66. The number of rotatable bonds is 8. The standard InChI is InChI=1S/C14H16O4/c1-2-13(15)10-6-7-11-17-18-14(16)12-8-4-3-5-9-12/h2-5,8-9H,1,6-7,10-11H2. The molecule has 1 aromatic rings. The van der Waals surface area contributed by atoms with Crippen LogP contribution >= 0.6 is 0 Å². The fourth-order valence-corrected chi connectivity index (χ4v) is 1.28. The molecule has 18 heavy (non-hydrogen) atoms. The summed E-state index contributed by atoms with van der Waals surface area (Å²) in [5.74, 6) is -0.506. The van der Waals surface area contributed by atoms with Crippen molar-refractivity contribution in [3.8, 4) is 0 Å². The van der Waals surface area contributed by atoms with Gasteiger partial charge in [0.25, 0.3) is 0 Å². The predicted octanol–water partition coefficient (Wildman–Crippen LogP) is 2.70. The lowest BCUT2D eigenvalue weighted by molar-refractivity contribution is -0.241. The normalized spacial score (nSPS) is 9.78. The van der Waals surface area contributed by atoms with Crippen molar-refractivity contribution >= 4 is 11.8 Å². The van der Waals surface area contributed by atoms with E-state index >= 15 is 0 Å². The maximum Gasteiger partial charge on any atom is 0.373 e. The van der Waals surface area contributed by atoms with E-state index in [0.717, 1.165) is 0 Å². The smallest absolute Gasteiger partial charge is 0.295 e. The maximum absolute atomic E-state index is 11.4. The second-order valence-electron chi connectivity index (χ2n) is 3.69. The zero-order valence-electron chi connectivity index (χ0n) is 10.1. The summed E-state index contributed by atoms with van der Waals surface area (Å²) in [5, 5.41) is 0. The van der Waals surface area contributed by atoms with E-state index in [4.69, 9.17) is 4.89 Å². The van der Waals surface area contributed by atoms with E-state index in [2.05, 4.69) is 11.5 Å². The van der Waals surface area contributed by atoms with Gasteiger partial charge in [-0.3, -0.25) is 9.68 Å². The molecule has 0 aliphatic rings. The Kier molecular flexibility index (Phi) is 6.43. The van der Waals surface area contributed by atoms with Crippen LogP contribution in [0.1, 0.15) is 29.6 Å². The van der Waals surface area contributed by atoms with E-state index < -0.39 is 5.97 Å². The molecular weight excluding hydrogens is 232 g/mol. The van der Waals surface area contributed by atoms with E-state index in [1.807, 2.05) is 6.07 Å². The van der Waals surface area contributed by atoms with Gasteiger partial charge in [0, 0.05) is 6.42 Å². The van der Waals surface area contributed by atoms with Crippen molar-refractivity contribution in [2.24, 2.45) is 0 Å². The lowest BCUT2D eigenvalue weighted by atomic mass is 10.2. The predicted molar refractivity (Wildman–Crippen MR) is 66.9 cm³/mol. The molecule has 96 valence electrons. The summed E-state index contributed by atoms with van der Waals surface area (Å²) >= 11 is 0. The molecule has 0 saturated carbocycles. The van der Waals surface area contributed by atoms with Crippen molar-refractivity contribution < 1.29 is 19.4 Å². The van der Waals surface area contributed by atoms with Gasteiger partial charge in [0.15, 0.2) is 5.78 Å². The molecule has 0 amide bonds. The molecule has 1 rings (SSSR count). The molecule has 4 heteroatoms. The largest absolute Gasteiger partial charge is 0.373 e. The number of hydrogen-bond acceptors (Lipinski definition) is 4. The van der Waals surface area contributed by atoms with Gasteiger partial charge in [0.1, 0.15) is 0 Å². The van der Waals surface area contributed by atoms with Gasteiger partial charge in [-0.2, -0.15) is 4.89 Å². The van der Waals surface area contributed by atoms with Crippen LogP contribution in [0.5, 0.6) is 0 Å². The van der Waals surface area contributed by atoms with Gasteiger partial charge in [-0.15, -0.1) is 0 Å². The van der Waals surface area contributed by atoms with Crippen LogP contribution < -0.4 is 0 Å². The molecule has 0 N–H and O–H groups in total. The van der Waals surface area contributed by atoms with E-state index in [1.54, 1.807) is 24.3 Å². The third-order valence-corrected chi connectivity index (χ3v) is 2.27. The van der Waals surface area contributed by atoms with Crippen molar-refractivity contribution in [1.82, 2.24) is 0 Å². The van der Waals surface area contributed by atoms with Gasteiger partial charge in [-0.05, 0) is 31.1 Å². The van der Waals surface area contributed by atoms with Gasteiger partial charge in [0.05, 0.1) is 12.2 Å². The maximum atomic E-state index is 11.4. The summed E-state index contributed by atoms with van der Waals surface area (Å²) in [4.78, 5) is 31.7. The molecule has 0 aliphatic heterocycles. The topological polar surface area (TPSA) is 52.6 Å². The van der Waals surface area contributed by atoms with Gasteiger partial charge in [-0.25, -0.2) is 4.79 Å². The zero-order valence-corrected chi connectivity index (χ0v) is 10.1. The van der Waals surface area contributed by atoms with E-state index in [9.17, 15) is 9.59 Å².